The number of benzene rings is 2. The van der Waals surface area contributed by atoms with Crippen LogP contribution in [0, 0.1) is 5.82 Å². The Morgan fingerprint density at radius 3 is 2.38 bits per heavy atom. The highest BCUT2D eigenvalue weighted by Gasteiger charge is 2.34. The summed E-state index contributed by atoms with van der Waals surface area (Å²) in [5.74, 6) is -0.729. The first-order valence-electron chi connectivity index (χ1n) is 6.18. The number of fused-ring (bicyclic) bond motifs is 1. The molecule has 106 valence electrons. The van der Waals surface area contributed by atoms with E-state index in [-0.39, 0.29) is 11.3 Å². The molecule has 0 N–H and O–H groups in total. The van der Waals surface area contributed by atoms with Crippen molar-refractivity contribution < 1.29 is 17.6 Å². The Bertz CT molecular complexity index is 809. The highest BCUT2D eigenvalue weighted by Crippen LogP contribution is 2.37. The van der Waals surface area contributed by atoms with Crippen molar-refractivity contribution in [2.24, 2.45) is 0 Å². The van der Waals surface area contributed by atoms with Crippen molar-refractivity contribution in [2.75, 3.05) is 0 Å². The molecule has 0 aliphatic heterocycles. The lowest BCUT2D eigenvalue weighted by atomic mass is 10.0. The molecule has 0 spiro atoms. The van der Waals surface area contributed by atoms with Crippen LogP contribution < -0.4 is 0 Å². The van der Waals surface area contributed by atoms with Gasteiger partial charge in [-0.1, -0.05) is 24.3 Å². The normalized spacial score (nSPS) is 11.8. The van der Waals surface area contributed by atoms with Crippen molar-refractivity contribution >= 4 is 10.9 Å². The maximum absolute atomic E-state index is 13.3. The number of hydrogen-bond acceptors (Lipinski definition) is 1. The number of pyridine rings is 1. The van der Waals surface area contributed by atoms with Crippen LogP contribution in [-0.2, 0) is 6.18 Å². The van der Waals surface area contributed by atoms with Gasteiger partial charge >= 0.3 is 6.18 Å². The van der Waals surface area contributed by atoms with Gasteiger partial charge in [0.1, 0.15) is 5.82 Å². The molecule has 3 aromatic rings. The number of hydrogen-bond donors (Lipinski definition) is 0. The van der Waals surface area contributed by atoms with E-state index in [0.29, 0.717) is 5.52 Å². The fourth-order valence-electron chi connectivity index (χ4n) is 2.19. The number of alkyl halides is 3. The van der Waals surface area contributed by atoms with E-state index in [0.717, 1.165) is 23.6 Å². The maximum atomic E-state index is 13.3. The van der Waals surface area contributed by atoms with E-state index in [1.165, 1.54) is 6.07 Å². The first-order valence-corrected chi connectivity index (χ1v) is 6.18. The fraction of sp³-hybridized carbons (Fsp3) is 0.0625. The monoisotopic (exact) mass is 291 g/mol. The molecular formula is C16H9F4N. The van der Waals surface area contributed by atoms with Gasteiger partial charge in [0.25, 0.3) is 0 Å². The van der Waals surface area contributed by atoms with Crippen LogP contribution in [0.25, 0.3) is 22.2 Å². The molecule has 0 amide bonds. The van der Waals surface area contributed by atoms with Crippen molar-refractivity contribution in [3.05, 3.63) is 66.0 Å². The first kappa shape index (κ1) is 13.5. The Morgan fingerprint density at radius 2 is 1.62 bits per heavy atom. The topological polar surface area (TPSA) is 12.9 Å². The molecule has 1 aromatic heterocycles. The third-order valence-electron chi connectivity index (χ3n) is 3.16. The molecular weight excluding hydrogens is 282 g/mol. The minimum Gasteiger partial charge on any atom is -0.248 e. The Hall–Kier alpha value is -2.43. The molecule has 0 radical (unpaired) electrons. The summed E-state index contributed by atoms with van der Waals surface area (Å²) in [4.78, 5) is 4.19. The second-order valence-electron chi connectivity index (χ2n) is 4.58. The predicted molar refractivity (Wildman–Crippen MR) is 72.1 cm³/mol. The van der Waals surface area contributed by atoms with Crippen molar-refractivity contribution in [3.8, 4) is 11.3 Å². The average molecular weight is 291 g/mol. The molecule has 0 bridgehead atoms. The fourth-order valence-corrected chi connectivity index (χ4v) is 2.19. The van der Waals surface area contributed by atoms with E-state index >= 15 is 0 Å². The molecule has 0 saturated heterocycles. The molecule has 21 heavy (non-hydrogen) atoms. The van der Waals surface area contributed by atoms with E-state index in [1.807, 2.05) is 12.1 Å². The predicted octanol–water partition coefficient (Wildman–Crippen LogP) is 5.06. The van der Waals surface area contributed by atoms with Gasteiger partial charge in [-0.05, 0) is 30.3 Å². The van der Waals surface area contributed by atoms with E-state index in [1.54, 1.807) is 18.2 Å². The average Bonchev–Trinajstić information content (AvgIpc) is 2.45. The van der Waals surface area contributed by atoms with Gasteiger partial charge < -0.3 is 0 Å². The summed E-state index contributed by atoms with van der Waals surface area (Å²) in [6, 6.07) is 12.6. The molecule has 0 aliphatic carbocycles. The quantitative estimate of drug-likeness (QED) is 0.571. The van der Waals surface area contributed by atoms with Gasteiger partial charge in [0.15, 0.2) is 0 Å². The zero-order chi connectivity index (χ0) is 15.0. The van der Waals surface area contributed by atoms with Crippen LogP contribution in [0.5, 0.6) is 0 Å². The second kappa shape index (κ2) is 4.84. The minimum absolute atomic E-state index is 0.0977. The largest absolute Gasteiger partial charge is 0.417 e. The number of aromatic nitrogens is 1. The van der Waals surface area contributed by atoms with Gasteiger partial charge in [-0.3, -0.25) is 0 Å². The number of nitrogens with zero attached hydrogens (tertiary/aromatic N) is 1. The summed E-state index contributed by atoms with van der Waals surface area (Å²) in [5.41, 5.74) is -0.493. The van der Waals surface area contributed by atoms with Crippen LogP contribution in [0.15, 0.2) is 54.6 Å². The van der Waals surface area contributed by atoms with E-state index < -0.39 is 17.6 Å². The molecule has 0 fully saturated rings. The Kier molecular flexibility index (Phi) is 3.12. The lowest BCUT2D eigenvalue weighted by Crippen LogP contribution is -2.08. The van der Waals surface area contributed by atoms with Gasteiger partial charge in [-0.25, -0.2) is 9.37 Å². The maximum Gasteiger partial charge on any atom is 0.417 e. The smallest absolute Gasteiger partial charge is 0.248 e. The van der Waals surface area contributed by atoms with Gasteiger partial charge in [0, 0.05) is 10.9 Å². The van der Waals surface area contributed by atoms with Crippen molar-refractivity contribution in [2.45, 2.75) is 6.18 Å². The summed E-state index contributed by atoms with van der Waals surface area (Å²) in [6.07, 6.45) is -4.56. The van der Waals surface area contributed by atoms with Crippen LogP contribution in [0.4, 0.5) is 17.6 Å². The highest BCUT2D eigenvalue weighted by atomic mass is 19.4. The van der Waals surface area contributed by atoms with Crippen LogP contribution in [0.1, 0.15) is 5.56 Å². The third kappa shape index (κ3) is 2.59. The standard InChI is InChI=1S/C16H9F4N/c17-11-6-7-13(16(18,19)20)12(9-11)15-8-5-10-3-1-2-4-14(10)21-15/h1-9H. The highest BCUT2D eigenvalue weighted by molar-refractivity contribution is 5.82. The number of para-hydroxylation sites is 1. The molecule has 0 aliphatic rings. The van der Waals surface area contributed by atoms with Gasteiger partial charge in [-0.2, -0.15) is 13.2 Å². The Morgan fingerprint density at radius 1 is 0.857 bits per heavy atom. The first-order chi connectivity index (χ1) is 9.95. The van der Waals surface area contributed by atoms with Crippen LogP contribution in [0.2, 0.25) is 0 Å². The lowest BCUT2D eigenvalue weighted by Gasteiger charge is -2.13. The van der Waals surface area contributed by atoms with Crippen LogP contribution in [-0.4, -0.2) is 4.98 Å². The van der Waals surface area contributed by atoms with Crippen molar-refractivity contribution in [3.63, 3.8) is 0 Å². The minimum atomic E-state index is -4.56. The second-order valence-corrected chi connectivity index (χ2v) is 4.58. The number of rotatable bonds is 1. The summed E-state index contributed by atoms with van der Waals surface area (Å²) in [5, 5.41) is 0.811. The molecule has 0 unspecified atom stereocenters. The van der Waals surface area contributed by atoms with E-state index in [2.05, 4.69) is 4.98 Å². The molecule has 5 heteroatoms. The molecule has 3 rings (SSSR count). The zero-order valence-corrected chi connectivity index (χ0v) is 10.7. The summed E-state index contributed by atoms with van der Waals surface area (Å²) < 4.78 is 52.4. The van der Waals surface area contributed by atoms with Crippen LogP contribution in [0.3, 0.4) is 0 Å². The Labute approximate surface area is 117 Å². The lowest BCUT2D eigenvalue weighted by molar-refractivity contribution is -0.137. The van der Waals surface area contributed by atoms with Crippen molar-refractivity contribution in [1.82, 2.24) is 4.98 Å². The molecule has 1 heterocycles. The van der Waals surface area contributed by atoms with E-state index in [4.69, 9.17) is 0 Å². The molecule has 2 aromatic carbocycles. The number of halogens is 4. The van der Waals surface area contributed by atoms with Gasteiger partial charge in [-0.15, -0.1) is 0 Å². The Balaban J connectivity index is 2.24. The summed E-state index contributed by atoms with van der Waals surface area (Å²) >= 11 is 0. The van der Waals surface area contributed by atoms with Gasteiger partial charge in [0.2, 0.25) is 0 Å². The summed E-state index contributed by atoms with van der Waals surface area (Å²) in [7, 11) is 0. The molecule has 1 nitrogen and oxygen atoms in total. The summed E-state index contributed by atoms with van der Waals surface area (Å²) in [6.45, 7) is 0. The third-order valence-corrected chi connectivity index (χ3v) is 3.16. The van der Waals surface area contributed by atoms with E-state index in [9.17, 15) is 17.6 Å². The SMILES string of the molecule is Fc1ccc(C(F)(F)F)c(-c2ccc3ccccc3n2)c1. The van der Waals surface area contributed by atoms with Gasteiger partial charge in [0.05, 0.1) is 16.8 Å². The molecule has 0 atom stereocenters. The van der Waals surface area contributed by atoms with Crippen LogP contribution >= 0.6 is 0 Å². The molecule has 0 saturated carbocycles. The zero-order valence-electron chi connectivity index (χ0n) is 10.7. The van der Waals surface area contributed by atoms with Crippen molar-refractivity contribution in [1.29, 1.82) is 0 Å².